The second-order valence-corrected chi connectivity index (χ2v) is 6.88. The molecule has 0 saturated carbocycles. The summed E-state index contributed by atoms with van der Waals surface area (Å²) in [6.45, 7) is 12.6. The van der Waals surface area contributed by atoms with Crippen molar-refractivity contribution in [2.45, 2.75) is 52.1 Å². The second-order valence-electron chi connectivity index (χ2n) is 6.88. The minimum absolute atomic E-state index is 0.219. The molecule has 0 radical (unpaired) electrons. The van der Waals surface area contributed by atoms with Gasteiger partial charge in [-0.3, -0.25) is 9.58 Å². The number of nitrogens with one attached hydrogen (secondary N) is 1. The fraction of sp³-hybridized carbons (Fsp3) is 0.812. The summed E-state index contributed by atoms with van der Waals surface area (Å²) < 4.78 is 1.99. The molecule has 1 aromatic rings. The van der Waals surface area contributed by atoms with E-state index < -0.39 is 0 Å². The Labute approximate surface area is 123 Å². The molecule has 4 nitrogen and oxygen atoms in total. The zero-order chi connectivity index (χ0) is 14.8. The van der Waals surface area contributed by atoms with Gasteiger partial charge in [0.15, 0.2) is 0 Å². The first-order chi connectivity index (χ1) is 9.43. The van der Waals surface area contributed by atoms with Crippen molar-refractivity contribution in [1.29, 1.82) is 0 Å². The number of piperazine rings is 1. The molecule has 1 fully saturated rings. The molecule has 0 aromatic carbocycles. The fourth-order valence-corrected chi connectivity index (χ4v) is 3.17. The van der Waals surface area contributed by atoms with Crippen molar-refractivity contribution in [3.05, 3.63) is 18.0 Å². The van der Waals surface area contributed by atoms with Crippen LogP contribution in [0.15, 0.2) is 12.3 Å². The standard InChI is InChI=1S/C16H30N4/c1-6-13(2)15-11-17-16(3,4)12-20(15)10-8-14-7-9-18-19(14)5/h7,9,13,15,17H,6,8,10-12H2,1-5H3. The Morgan fingerprint density at radius 2 is 2.25 bits per heavy atom. The average Bonchev–Trinajstić information content (AvgIpc) is 2.80. The SMILES string of the molecule is CCC(C)C1CNC(C)(C)CN1CCc1ccnn1C. The first-order valence-electron chi connectivity index (χ1n) is 7.89. The molecule has 1 aromatic heterocycles. The maximum Gasteiger partial charge on any atom is 0.0492 e. The third-order valence-corrected chi connectivity index (χ3v) is 4.74. The van der Waals surface area contributed by atoms with Crippen LogP contribution in [0.2, 0.25) is 0 Å². The number of hydrogen-bond acceptors (Lipinski definition) is 3. The Morgan fingerprint density at radius 1 is 1.50 bits per heavy atom. The lowest BCUT2D eigenvalue weighted by atomic mass is 9.90. The molecule has 0 amide bonds. The van der Waals surface area contributed by atoms with E-state index in [-0.39, 0.29) is 5.54 Å². The molecule has 0 bridgehead atoms. The molecular weight excluding hydrogens is 248 g/mol. The van der Waals surface area contributed by atoms with Crippen LogP contribution in [0.3, 0.4) is 0 Å². The number of hydrogen-bond donors (Lipinski definition) is 1. The van der Waals surface area contributed by atoms with Crippen molar-refractivity contribution in [3.63, 3.8) is 0 Å². The quantitative estimate of drug-likeness (QED) is 0.895. The highest BCUT2D eigenvalue weighted by Crippen LogP contribution is 2.22. The monoisotopic (exact) mass is 278 g/mol. The van der Waals surface area contributed by atoms with E-state index in [9.17, 15) is 0 Å². The molecule has 0 spiro atoms. The highest BCUT2D eigenvalue weighted by atomic mass is 15.3. The van der Waals surface area contributed by atoms with Gasteiger partial charge in [0.25, 0.3) is 0 Å². The largest absolute Gasteiger partial charge is 0.309 e. The van der Waals surface area contributed by atoms with Gasteiger partial charge in [0.2, 0.25) is 0 Å². The van der Waals surface area contributed by atoms with Gasteiger partial charge < -0.3 is 5.32 Å². The van der Waals surface area contributed by atoms with Crippen LogP contribution >= 0.6 is 0 Å². The van der Waals surface area contributed by atoms with E-state index in [0.717, 1.165) is 32.0 Å². The molecular formula is C16H30N4. The molecule has 2 heterocycles. The van der Waals surface area contributed by atoms with Gasteiger partial charge in [-0.2, -0.15) is 5.10 Å². The Bertz CT molecular complexity index is 424. The summed E-state index contributed by atoms with van der Waals surface area (Å²) in [6, 6.07) is 2.78. The molecule has 2 rings (SSSR count). The summed E-state index contributed by atoms with van der Waals surface area (Å²) in [6.07, 6.45) is 4.22. The normalized spacial score (nSPS) is 24.8. The van der Waals surface area contributed by atoms with Crippen LogP contribution in [0.4, 0.5) is 0 Å². The topological polar surface area (TPSA) is 33.1 Å². The van der Waals surface area contributed by atoms with Gasteiger partial charge >= 0.3 is 0 Å². The van der Waals surface area contributed by atoms with Crippen LogP contribution in [0.5, 0.6) is 0 Å². The first-order valence-corrected chi connectivity index (χ1v) is 7.89. The summed E-state index contributed by atoms with van der Waals surface area (Å²) >= 11 is 0. The van der Waals surface area contributed by atoms with Crippen LogP contribution in [0, 0.1) is 5.92 Å². The fourth-order valence-electron chi connectivity index (χ4n) is 3.17. The van der Waals surface area contributed by atoms with Crippen molar-refractivity contribution in [3.8, 4) is 0 Å². The number of nitrogens with zero attached hydrogens (tertiary/aromatic N) is 3. The maximum absolute atomic E-state index is 4.27. The van der Waals surface area contributed by atoms with Crippen LogP contribution in [-0.2, 0) is 13.5 Å². The van der Waals surface area contributed by atoms with E-state index >= 15 is 0 Å². The van der Waals surface area contributed by atoms with E-state index in [1.165, 1.54) is 12.1 Å². The highest BCUT2D eigenvalue weighted by Gasteiger charge is 2.34. The highest BCUT2D eigenvalue weighted by molar-refractivity contribution is 5.02. The van der Waals surface area contributed by atoms with E-state index in [1.807, 2.05) is 17.9 Å². The lowest BCUT2D eigenvalue weighted by Crippen LogP contribution is -2.63. The zero-order valence-electron chi connectivity index (χ0n) is 13.7. The average molecular weight is 278 g/mol. The number of aryl methyl sites for hydroxylation is 1. The second kappa shape index (κ2) is 6.27. The Morgan fingerprint density at radius 3 is 2.85 bits per heavy atom. The van der Waals surface area contributed by atoms with Crippen molar-refractivity contribution in [2.75, 3.05) is 19.6 Å². The van der Waals surface area contributed by atoms with Gasteiger partial charge in [-0.1, -0.05) is 20.3 Å². The van der Waals surface area contributed by atoms with Crippen LogP contribution < -0.4 is 5.32 Å². The number of rotatable bonds is 5. The third-order valence-electron chi connectivity index (χ3n) is 4.74. The van der Waals surface area contributed by atoms with Crippen molar-refractivity contribution < 1.29 is 0 Å². The van der Waals surface area contributed by atoms with Gasteiger partial charge in [0.05, 0.1) is 0 Å². The lowest BCUT2D eigenvalue weighted by molar-refractivity contribution is 0.0643. The summed E-state index contributed by atoms with van der Waals surface area (Å²) in [7, 11) is 2.03. The molecule has 4 heteroatoms. The third kappa shape index (κ3) is 3.61. The summed E-state index contributed by atoms with van der Waals surface area (Å²) in [5.74, 6) is 0.741. The zero-order valence-corrected chi connectivity index (χ0v) is 13.7. The molecule has 1 aliphatic rings. The molecule has 20 heavy (non-hydrogen) atoms. The Balaban J connectivity index is 2.01. The minimum Gasteiger partial charge on any atom is -0.309 e. The van der Waals surface area contributed by atoms with E-state index in [1.54, 1.807) is 0 Å². The van der Waals surface area contributed by atoms with Crippen LogP contribution in [0.25, 0.3) is 0 Å². The van der Waals surface area contributed by atoms with Gasteiger partial charge in [0.1, 0.15) is 0 Å². The van der Waals surface area contributed by atoms with Crippen LogP contribution in [-0.4, -0.2) is 45.9 Å². The predicted octanol–water partition coefficient (Wildman–Crippen LogP) is 2.06. The van der Waals surface area contributed by atoms with E-state index in [2.05, 4.69) is 49.1 Å². The van der Waals surface area contributed by atoms with E-state index in [4.69, 9.17) is 0 Å². The molecule has 1 saturated heterocycles. The maximum atomic E-state index is 4.27. The molecule has 2 atom stereocenters. The molecule has 2 unspecified atom stereocenters. The van der Waals surface area contributed by atoms with Gasteiger partial charge in [-0.25, -0.2) is 0 Å². The minimum atomic E-state index is 0.219. The Kier molecular flexibility index (Phi) is 4.86. The van der Waals surface area contributed by atoms with Gasteiger partial charge in [-0.05, 0) is 25.8 Å². The van der Waals surface area contributed by atoms with Gasteiger partial charge in [-0.15, -0.1) is 0 Å². The molecule has 1 aliphatic heterocycles. The lowest BCUT2D eigenvalue weighted by Gasteiger charge is -2.46. The predicted molar refractivity (Wildman–Crippen MR) is 83.8 cm³/mol. The summed E-state index contributed by atoms with van der Waals surface area (Å²) in [5, 5.41) is 7.96. The smallest absolute Gasteiger partial charge is 0.0492 e. The van der Waals surface area contributed by atoms with Crippen LogP contribution in [0.1, 0.15) is 39.8 Å². The van der Waals surface area contributed by atoms with Crippen molar-refractivity contribution >= 4 is 0 Å². The van der Waals surface area contributed by atoms with Gasteiger partial charge in [0, 0.05) is 56.6 Å². The van der Waals surface area contributed by atoms with E-state index in [0.29, 0.717) is 6.04 Å². The Hall–Kier alpha value is -0.870. The molecule has 1 N–H and O–H groups in total. The van der Waals surface area contributed by atoms with Crippen molar-refractivity contribution in [1.82, 2.24) is 20.0 Å². The first kappa shape index (κ1) is 15.5. The summed E-state index contributed by atoms with van der Waals surface area (Å²) in [4.78, 5) is 2.68. The van der Waals surface area contributed by atoms with Crippen molar-refractivity contribution in [2.24, 2.45) is 13.0 Å². The molecule has 0 aliphatic carbocycles. The number of aromatic nitrogens is 2. The molecule has 114 valence electrons. The summed E-state index contributed by atoms with van der Waals surface area (Å²) in [5.41, 5.74) is 1.54.